The number of benzene rings is 1. The number of nitrogens with one attached hydrogen (secondary N) is 1. The van der Waals surface area contributed by atoms with Crippen LogP contribution < -0.4 is 5.32 Å². The summed E-state index contributed by atoms with van der Waals surface area (Å²) in [6.07, 6.45) is 2.45. The number of anilines is 1. The highest BCUT2D eigenvalue weighted by molar-refractivity contribution is 6.31. The number of nitro benzene ring substituents is 1. The van der Waals surface area contributed by atoms with Gasteiger partial charge in [-0.1, -0.05) is 18.0 Å². The Morgan fingerprint density at radius 2 is 2.26 bits per heavy atom. The largest absolute Gasteiger partial charge is 0.393 e. The Morgan fingerprint density at radius 3 is 2.87 bits per heavy atom. The summed E-state index contributed by atoms with van der Waals surface area (Å²) < 4.78 is 0. The van der Waals surface area contributed by atoms with Gasteiger partial charge in [0.25, 0.3) is 5.69 Å². The van der Waals surface area contributed by atoms with Crippen molar-refractivity contribution < 1.29 is 14.8 Å². The van der Waals surface area contributed by atoms with E-state index in [1.165, 1.54) is 18.2 Å². The molecule has 2 rings (SSSR count). The van der Waals surface area contributed by atoms with Gasteiger partial charge >= 0.3 is 0 Å². The minimum atomic E-state index is -0.565. The molecule has 1 fully saturated rings. The first-order chi connectivity index (χ1) is 10.9. The van der Waals surface area contributed by atoms with E-state index in [0.29, 0.717) is 11.6 Å². The summed E-state index contributed by atoms with van der Waals surface area (Å²) in [5.41, 5.74) is -0.113. The quantitative estimate of drug-likeness (QED) is 0.611. The van der Waals surface area contributed by atoms with E-state index in [1.807, 2.05) is 4.90 Å². The minimum Gasteiger partial charge on any atom is -0.393 e. The molecule has 0 bridgehead atoms. The fourth-order valence-corrected chi connectivity index (χ4v) is 3.07. The fourth-order valence-electron chi connectivity index (χ4n) is 2.90. The monoisotopic (exact) mass is 341 g/mol. The lowest BCUT2D eigenvalue weighted by Gasteiger charge is -2.22. The van der Waals surface area contributed by atoms with Crippen LogP contribution in [0, 0.1) is 16.0 Å². The first-order valence-electron chi connectivity index (χ1n) is 7.47. The Hall–Kier alpha value is -1.70. The smallest absolute Gasteiger partial charge is 0.292 e. The van der Waals surface area contributed by atoms with Crippen LogP contribution in [0.5, 0.6) is 0 Å². The average molecular weight is 342 g/mol. The Labute approximate surface area is 139 Å². The molecule has 0 heterocycles. The van der Waals surface area contributed by atoms with Crippen LogP contribution >= 0.6 is 11.6 Å². The lowest BCUT2D eigenvalue weighted by molar-refractivity contribution is -0.383. The molecule has 0 aromatic heterocycles. The molecule has 7 nitrogen and oxygen atoms in total. The van der Waals surface area contributed by atoms with Gasteiger partial charge in [-0.2, -0.15) is 0 Å². The molecule has 1 aromatic rings. The average Bonchev–Trinajstić information content (AvgIpc) is 2.83. The van der Waals surface area contributed by atoms with Crippen LogP contribution in [0.4, 0.5) is 11.4 Å². The molecule has 23 heavy (non-hydrogen) atoms. The number of nitrogens with zero attached hydrogens (tertiary/aromatic N) is 2. The maximum absolute atomic E-state index is 12.1. The highest BCUT2D eigenvalue weighted by Crippen LogP contribution is 2.28. The van der Waals surface area contributed by atoms with Gasteiger partial charge in [-0.3, -0.25) is 19.8 Å². The van der Waals surface area contributed by atoms with E-state index < -0.39 is 4.92 Å². The van der Waals surface area contributed by atoms with Crippen molar-refractivity contribution >= 4 is 28.9 Å². The minimum absolute atomic E-state index is 0.0850. The van der Waals surface area contributed by atoms with E-state index >= 15 is 0 Å². The molecule has 2 atom stereocenters. The highest BCUT2D eigenvalue weighted by Gasteiger charge is 2.26. The summed E-state index contributed by atoms with van der Waals surface area (Å²) in [5.74, 6) is -0.182. The van der Waals surface area contributed by atoms with Crippen molar-refractivity contribution in [1.29, 1.82) is 0 Å². The lowest BCUT2D eigenvalue weighted by Crippen LogP contribution is -2.35. The predicted molar refractivity (Wildman–Crippen MR) is 87.6 cm³/mol. The molecule has 2 unspecified atom stereocenters. The summed E-state index contributed by atoms with van der Waals surface area (Å²) in [7, 11) is 1.79. The molecular formula is C15H20ClN3O4. The van der Waals surface area contributed by atoms with Gasteiger partial charge in [-0.05, 0) is 37.9 Å². The second kappa shape index (κ2) is 7.72. The standard InChI is InChI=1S/C15H20ClN3O4/c1-18(8-10-3-2-4-14(10)20)9-15(21)17-12-7-11(16)5-6-13(12)19(22)23/h5-7,10,14,20H,2-4,8-9H2,1H3,(H,17,21). The topological polar surface area (TPSA) is 95.7 Å². The van der Waals surface area contributed by atoms with Crippen molar-refractivity contribution in [2.24, 2.45) is 5.92 Å². The number of nitro groups is 1. The number of aliphatic hydroxyl groups is 1. The number of aliphatic hydroxyl groups excluding tert-OH is 1. The van der Waals surface area contributed by atoms with Crippen molar-refractivity contribution in [3.05, 3.63) is 33.3 Å². The fraction of sp³-hybridized carbons (Fsp3) is 0.533. The second-order valence-corrected chi connectivity index (χ2v) is 6.36. The Balaban J connectivity index is 1.94. The molecule has 0 radical (unpaired) electrons. The van der Waals surface area contributed by atoms with Crippen molar-refractivity contribution in [3.63, 3.8) is 0 Å². The van der Waals surface area contributed by atoms with Gasteiger partial charge in [0.05, 0.1) is 17.6 Å². The maximum atomic E-state index is 12.1. The molecular weight excluding hydrogens is 322 g/mol. The van der Waals surface area contributed by atoms with E-state index in [1.54, 1.807) is 7.05 Å². The maximum Gasteiger partial charge on any atom is 0.292 e. The number of rotatable bonds is 6. The SMILES string of the molecule is CN(CC(=O)Nc1cc(Cl)ccc1[N+](=O)[O-])CC1CCCC1O. The molecule has 126 valence electrons. The number of carbonyl (C=O) groups is 1. The zero-order chi connectivity index (χ0) is 17.0. The Kier molecular flexibility index (Phi) is 5.92. The van der Waals surface area contributed by atoms with Gasteiger partial charge in [0.2, 0.25) is 5.91 Å². The zero-order valence-corrected chi connectivity index (χ0v) is 13.6. The molecule has 0 saturated heterocycles. The second-order valence-electron chi connectivity index (χ2n) is 5.92. The van der Waals surface area contributed by atoms with E-state index in [9.17, 15) is 20.0 Å². The van der Waals surface area contributed by atoms with E-state index in [2.05, 4.69) is 5.32 Å². The number of amides is 1. The predicted octanol–water partition coefficient (Wildman–Crippen LogP) is 2.28. The molecule has 1 aliphatic rings. The van der Waals surface area contributed by atoms with Crippen LogP contribution in [0.3, 0.4) is 0 Å². The van der Waals surface area contributed by atoms with Crippen LogP contribution in [0.15, 0.2) is 18.2 Å². The van der Waals surface area contributed by atoms with Crippen molar-refractivity contribution in [2.75, 3.05) is 25.5 Å². The van der Waals surface area contributed by atoms with Crippen molar-refractivity contribution in [2.45, 2.75) is 25.4 Å². The molecule has 1 aromatic carbocycles. The lowest BCUT2D eigenvalue weighted by atomic mass is 10.1. The van der Waals surface area contributed by atoms with Crippen LogP contribution in [-0.2, 0) is 4.79 Å². The van der Waals surface area contributed by atoms with Crippen LogP contribution in [0.1, 0.15) is 19.3 Å². The molecule has 0 aliphatic heterocycles. The van der Waals surface area contributed by atoms with Crippen LogP contribution in [0.2, 0.25) is 5.02 Å². The third kappa shape index (κ3) is 4.89. The molecule has 8 heteroatoms. The third-order valence-corrected chi connectivity index (χ3v) is 4.24. The number of carbonyl (C=O) groups excluding carboxylic acids is 1. The number of hydrogen-bond donors (Lipinski definition) is 2. The van der Waals surface area contributed by atoms with Gasteiger partial charge in [-0.25, -0.2) is 0 Å². The number of hydrogen-bond acceptors (Lipinski definition) is 5. The molecule has 1 saturated carbocycles. The van der Waals surface area contributed by atoms with Crippen molar-refractivity contribution in [3.8, 4) is 0 Å². The summed E-state index contributed by atoms with van der Waals surface area (Å²) >= 11 is 5.83. The highest BCUT2D eigenvalue weighted by atomic mass is 35.5. The third-order valence-electron chi connectivity index (χ3n) is 4.01. The molecule has 1 amide bonds. The Morgan fingerprint density at radius 1 is 1.52 bits per heavy atom. The summed E-state index contributed by atoms with van der Waals surface area (Å²) in [4.78, 5) is 24.3. The molecule has 0 spiro atoms. The van der Waals surface area contributed by atoms with Gasteiger partial charge in [0.15, 0.2) is 0 Å². The van der Waals surface area contributed by atoms with E-state index in [4.69, 9.17) is 11.6 Å². The van der Waals surface area contributed by atoms with Gasteiger partial charge in [-0.15, -0.1) is 0 Å². The summed E-state index contributed by atoms with van der Waals surface area (Å²) in [5, 5.41) is 23.6. The summed E-state index contributed by atoms with van der Waals surface area (Å²) in [6.45, 7) is 0.707. The van der Waals surface area contributed by atoms with Crippen LogP contribution in [0.25, 0.3) is 0 Å². The van der Waals surface area contributed by atoms with Gasteiger partial charge < -0.3 is 10.4 Å². The van der Waals surface area contributed by atoms with Crippen LogP contribution in [-0.4, -0.2) is 47.1 Å². The Bertz CT molecular complexity index is 596. The molecule has 1 aliphatic carbocycles. The van der Waals surface area contributed by atoms with E-state index in [-0.39, 0.29) is 35.8 Å². The zero-order valence-electron chi connectivity index (χ0n) is 12.9. The first-order valence-corrected chi connectivity index (χ1v) is 7.85. The van der Waals surface area contributed by atoms with Gasteiger partial charge in [0, 0.05) is 17.6 Å². The van der Waals surface area contributed by atoms with Gasteiger partial charge in [0.1, 0.15) is 5.69 Å². The van der Waals surface area contributed by atoms with E-state index in [0.717, 1.165) is 19.3 Å². The first kappa shape index (κ1) is 17.7. The number of halogens is 1. The summed E-state index contributed by atoms with van der Waals surface area (Å²) in [6, 6.07) is 4.03. The van der Waals surface area contributed by atoms with Crippen molar-refractivity contribution in [1.82, 2.24) is 4.90 Å². The normalized spacial score (nSPS) is 20.7. The number of likely N-dealkylation sites (N-methyl/N-ethyl adjacent to an activating group) is 1. The molecule has 2 N–H and O–H groups in total.